The van der Waals surface area contributed by atoms with Crippen LogP contribution in [-0.2, 0) is 11.3 Å². The number of aromatic nitrogens is 4. The molecule has 0 unspecified atom stereocenters. The molecule has 2 saturated carbocycles. The molecule has 172 valence electrons. The number of fused-ring (bicyclic) bond motifs is 1. The number of Topliss-reactive ketones (excluding diaryl/α,β-unsaturated/α-hetero) is 1. The Morgan fingerprint density at radius 2 is 2.00 bits per heavy atom. The minimum atomic E-state index is 0.0498. The predicted octanol–water partition coefficient (Wildman–Crippen LogP) is 5.05. The fourth-order valence-corrected chi connectivity index (χ4v) is 4.71. The van der Waals surface area contributed by atoms with Gasteiger partial charge in [0.25, 0.3) is 0 Å². The maximum atomic E-state index is 12.6. The standard InChI is InChI=1S/C26H25ClN6O/c27-19-3-1-2-17(8-19)22-10-23(22)24(34)13-28-20-9-25(32-30-12-20)29-11-21-15-33-14-18(16-4-5-16)6-7-26(33)31-21/h1-3,6-9,12,14-16,22-23H,4-5,10-11,13H2,(H2,28,29,32)/t22-,23+/m1/s1. The van der Waals surface area contributed by atoms with Crippen LogP contribution in [-0.4, -0.2) is 31.9 Å². The predicted molar refractivity (Wildman–Crippen MR) is 132 cm³/mol. The maximum Gasteiger partial charge on any atom is 0.155 e. The van der Waals surface area contributed by atoms with Crippen molar-refractivity contribution in [1.82, 2.24) is 19.6 Å². The molecule has 3 heterocycles. The van der Waals surface area contributed by atoms with Gasteiger partial charge >= 0.3 is 0 Å². The Labute approximate surface area is 202 Å². The van der Waals surface area contributed by atoms with E-state index in [2.05, 4.69) is 48.5 Å². The number of pyridine rings is 1. The number of anilines is 2. The summed E-state index contributed by atoms with van der Waals surface area (Å²) in [5.74, 6) is 1.87. The highest BCUT2D eigenvalue weighted by molar-refractivity contribution is 6.30. The van der Waals surface area contributed by atoms with Crippen molar-refractivity contribution in [3.63, 3.8) is 0 Å². The highest BCUT2D eigenvalue weighted by Gasteiger charge is 2.43. The maximum absolute atomic E-state index is 12.6. The first-order chi connectivity index (χ1) is 16.6. The number of hydrogen-bond acceptors (Lipinski definition) is 6. The molecule has 0 radical (unpaired) electrons. The van der Waals surface area contributed by atoms with E-state index < -0.39 is 0 Å². The number of ketones is 1. The number of carbonyl (C=O) groups excluding carboxylic acids is 1. The van der Waals surface area contributed by atoms with Gasteiger partial charge in [0.1, 0.15) is 5.65 Å². The summed E-state index contributed by atoms with van der Waals surface area (Å²) >= 11 is 6.08. The van der Waals surface area contributed by atoms with Crippen molar-refractivity contribution in [3.8, 4) is 0 Å². The van der Waals surface area contributed by atoms with E-state index in [-0.39, 0.29) is 24.2 Å². The molecule has 2 atom stereocenters. The van der Waals surface area contributed by atoms with Crippen LogP contribution in [0.1, 0.15) is 47.9 Å². The van der Waals surface area contributed by atoms with Gasteiger partial charge in [-0.2, -0.15) is 5.10 Å². The minimum Gasteiger partial charge on any atom is -0.377 e. The van der Waals surface area contributed by atoms with Gasteiger partial charge in [-0.15, -0.1) is 5.10 Å². The Bertz CT molecular complexity index is 1360. The molecule has 8 heteroatoms. The van der Waals surface area contributed by atoms with Crippen LogP contribution in [0.4, 0.5) is 11.5 Å². The minimum absolute atomic E-state index is 0.0498. The van der Waals surface area contributed by atoms with Gasteiger partial charge in [0.05, 0.1) is 30.7 Å². The van der Waals surface area contributed by atoms with Crippen molar-refractivity contribution < 1.29 is 4.79 Å². The molecule has 2 aliphatic rings. The first kappa shape index (κ1) is 21.1. The molecule has 6 rings (SSSR count). The van der Waals surface area contributed by atoms with E-state index in [0.717, 1.165) is 29.0 Å². The van der Waals surface area contributed by atoms with Crippen LogP contribution < -0.4 is 10.6 Å². The van der Waals surface area contributed by atoms with Crippen molar-refractivity contribution >= 4 is 34.5 Å². The molecular weight excluding hydrogens is 448 g/mol. The molecule has 3 aromatic heterocycles. The van der Waals surface area contributed by atoms with Gasteiger partial charge in [-0.3, -0.25) is 4.79 Å². The fourth-order valence-electron chi connectivity index (χ4n) is 4.51. The van der Waals surface area contributed by atoms with Gasteiger partial charge < -0.3 is 15.0 Å². The Hall–Kier alpha value is -3.45. The monoisotopic (exact) mass is 472 g/mol. The van der Waals surface area contributed by atoms with E-state index in [1.165, 1.54) is 18.4 Å². The second kappa shape index (κ2) is 8.72. The molecule has 2 fully saturated rings. The quantitative estimate of drug-likeness (QED) is 0.354. The number of nitrogens with one attached hydrogen (secondary N) is 2. The molecule has 2 N–H and O–H groups in total. The Morgan fingerprint density at radius 1 is 1.09 bits per heavy atom. The number of benzene rings is 1. The molecule has 0 bridgehead atoms. The lowest BCUT2D eigenvalue weighted by molar-refractivity contribution is -0.118. The summed E-state index contributed by atoms with van der Waals surface area (Å²) in [7, 11) is 0. The topological polar surface area (TPSA) is 84.2 Å². The van der Waals surface area contributed by atoms with Crippen molar-refractivity contribution in [2.24, 2.45) is 5.92 Å². The molecule has 7 nitrogen and oxygen atoms in total. The lowest BCUT2D eigenvalue weighted by atomic mass is 10.1. The van der Waals surface area contributed by atoms with Crippen LogP contribution in [0, 0.1) is 5.92 Å². The van der Waals surface area contributed by atoms with E-state index in [9.17, 15) is 4.79 Å². The molecule has 0 amide bonds. The van der Waals surface area contributed by atoms with E-state index >= 15 is 0 Å². The van der Waals surface area contributed by atoms with E-state index in [1.54, 1.807) is 6.20 Å². The smallest absolute Gasteiger partial charge is 0.155 e. The molecule has 0 aliphatic heterocycles. The van der Waals surface area contributed by atoms with Crippen LogP contribution in [0.5, 0.6) is 0 Å². The Balaban J connectivity index is 1.03. The third-order valence-corrected chi connectivity index (χ3v) is 6.86. The summed E-state index contributed by atoms with van der Waals surface area (Å²) in [6.07, 6.45) is 9.31. The molecule has 34 heavy (non-hydrogen) atoms. The number of rotatable bonds is 9. The zero-order valence-corrected chi connectivity index (χ0v) is 19.4. The summed E-state index contributed by atoms with van der Waals surface area (Å²) in [6.45, 7) is 0.809. The average molecular weight is 473 g/mol. The van der Waals surface area contributed by atoms with Gasteiger partial charge in [0.15, 0.2) is 11.6 Å². The third-order valence-electron chi connectivity index (χ3n) is 6.63. The summed E-state index contributed by atoms with van der Waals surface area (Å²) in [4.78, 5) is 17.3. The largest absolute Gasteiger partial charge is 0.377 e. The first-order valence-electron chi connectivity index (χ1n) is 11.7. The van der Waals surface area contributed by atoms with E-state index in [4.69, 9.17) is 11.6 Å². The van der Waals surface area contributed by atoms with Crippen LogP contribution in [0.3, 0.4) is 0 Å². The summed E-state index contributed by atoms with van der Waals surface area (Å²) in [5, 5.41) is 15.4. The van der Waals surface area contributed by atoms with Crippen LogP contribution in [0.2, 0.25) is 5.02 Å². The second-order valence-electron chi connectivity index (χ2n) is 9.24. The molecule has 2 aliphatic carbocycles. The highest BCUT2D eigenvalue weighted by atomic mass is 35.5. The summed E-state index contributed by atoms with van der Waals surface area (Å²) < 4.78 is 2.09. The molecular formula is C26H25ClN6O. The molecule has 4 aromatic rings. The van der Waals surface area contributed by atoms with Gasteiger partial charge in [0.2, 0.25) is 0 Å². The number of hydrogen-bond donors (Lipinski definition) is 2. The van der Waals surface area contributed by atoms with Gasteiger partial charge in [-0.1, -0.05) is 29.8 Å². The molecule has 0 spiro atoms. The average Bonchev–Trinajstić information content (AvgIpc) is 3.77. The van der Waals surface area contributed by atoms with Gasteiger partial charge in [-0.05, 0) is 60.4 Å². The number of carbonyl (C=O) groups is 1. The molecule has 1 aromatic carbocycles. The normalized spacial score (nSPS) is 19.2. The van der Waals surface area contributed by atoms with Gasteiger partial charge in [0, 0.05) is 29.4 Å². The Kier molecular flexibility index (Phi) is 5.41. The fraction of sp³-hybridized carbons (Fsp3) is 0.308. The van der Waals surface area contributed by atoms with Crippen LogP contribution in [0.15, 0.2) is 61.1 Å². The summed E-state index contributed by atoms with van der Waals surface area (Å²) in [6, 6.07) is 13.9. The zero-order chi connectivity index (χ0) is 23.1. The van der Waals surface area contributed by atoms with E-state index in [1.807, 2.05) is 36.5 Å². The SMILES string of the molecule is O=C(CNc1cnnc(NCc2cn3cc(C4CC4)ccc3n2)c1)[C@H]1C[C@@H]1c1cccc(Cl)c1. The van der Waals surface area contributed by atoms with E-state index in [0.29, 0.717) is 23.3 Å². The Morgan fingerprint density at radius 3 is 2.85 bits per heavy atom. The lowest BCUT2D eigenvalue weighted by Gasteiger charge is -2.08. The number of nitrogens with zero attached hydrogens (tertiary/aromatic N) is 4. The number of imidazole rings is 1. The number of halogens is 1. The lowest BCUT2D eigenvalue weighted by Crippen LogP contribution is -2.16. The summed E-state index contributed by atoms with van der Waals surface area (Å²) in [5.41, 5.74) is 5.16. The van der Waals surface area contributed by atoms with Crippen molar-refractivity contribution in [3.05, 3.63) is 82.9 Å². The van der Waals surface area contributed by atoms with Crippen molar-refractivity contribution in [1.29, 1.82) is 0 Å². The van der Waals surface area contributed by atoms with Crippen LogP contribution >= 0.6 is 11.6 Å². The van der Waals surface area contributed by atoms with Gasteiger partial charge in [-0.25, -0.2) is 4.98 Å². The second-order valence-corrected chi connectivity index (χ2v) is 9.68. The molecule has 0 saturated heterocycles. The zero-order valence-electron chi connectivity index (χ0n) is 18.6. The van der Waals surface area contributed by atoms with Crippen LogP contribution in [0.25, 0.3) is 5.65 Å². The van der Waals surface area contributed by atoms with Crippen molar-refractivity contribution in [2.75, 3.05) is 17.2 Å². The highest BCUT2D eigenvalue weighted by Crippen LogP contribution is 2.48. The first-order valence-corrected chi connectivity index (χ1v) is 12.1. The third kappa shape index (κ3) is 4.61. The van der Waals surface area contributed by atoms with Crippen molar-refractivity contribution in [2.45, 2.75) is 37.6 Å².